The molecule has 1 aliphatic carbocycles. The van der Waals surface area contributed by atoms with Crippen LogP contribution >= 0.6 is 15.9 Å². The summed E-state index contributed by atoms with van der Waals surface area (Å²) >= 11 is 3.35. The van der Waals surface area contributed by atoms with Crippen molar-refractivity contribution in [2.45, 2.75) is 19.8 Å². The normalized spacial score (nSPS) is 24.4. The highest BCUT2D eigenvalue weighted by Crippen LogP contribution is 2.34. The van der Waals surface area contributed by atoms with E-state index in [-0.39, 0.29) is 11.8 Å². The molecule has 1 N–H and O–H groups in total. The smallest absolute Gasteiger partial charge is 0.228 e. The van der Waals surface area contributed by atoms with Gasteiger partial charge in [-0.3, -0.25) is 4.79 Å². The van der Waals surface area contributed by atoms with E-state index in [1.54, 1.807) is 6.20 Å². The molecular formula is C11H13BrN2O. The zero-order valence-electron chi connectivity index (χ0n) is 8.53. The number of anilines is 1. The molecule has 1 aromatic heterocycles. The summed E-state index contributed by atoms with van der Waals surface area (Å²) in [6, 6.07) is 3.69. The van der Waals surface area contributed by atoms with E-state index in [1.807, 2.05) is 12.1 Å². The quantitative estimate of drug-likeness (QED) is 0.897. The summed E-state index contributed by atoms with van der Waals surface area (Å²) in [4.78, 5) is 15.8. The van der Waals surface area contributed by atoms with Crippen molar-refractivity contribution in [1.29, 1.82) is 0 Å². The highest BCUT2D eigenvalue weighted by atomic mass is 79.9. The first-order valence-electron chi connectivity index (χ1n) is 5.08. The van der Waals surface area contributed by atoms with E-state index in [2.05, 4.69) is 33.2 Å². The maximum atomic E-state index is 11.7. The van der Waals surface area contributed by atoms with E-state index in [4.69, 9.17) is 0 Å². The molecular weight excluding hydrogens is 256 g/mol. The lowest BCUT2D eigenvalue weighted by molar-refractivity contribution is -0.123. The van der Waals surface area contributed by atoms with Gasteiger partial charge in [0.1, 0.15) is 5.82 Å². The van der Waals surface area contributed by atoms with Crippen molar-refractivity contribution in [3.05, 3.63) is 22.8 Å². The molecule has 1 aromatic rings. The number of hydrogen-bond acceptors (Lipinski definition) is 2. The van der Waals surface area contributed by atoms with Gasteiger partial charge in [-0.25, -0.2) is 4.98 Å². The van der Waals surface area contributed by atoms with Crippen LogP contribution in [0.5, 0.6) is 0 Å². The fraction of sp³-hybridized carbons (Fsp3) is 0.455. The molecule has 0 aromatic carbocycles. The molecule has 0 aliphatic heterocycles. The van der Waals surface area contributed by atoms with Crippen molar-refractivity contribution in [2.75, 3.05) is 5.32 Å². The van der Waals surface area contributed by atoms with Crippen molar-refractivity contribution in [3.63, 3.8) is 0 Å². The van der Waals surface area contributed by atoms with Gasteiger partial charge in [-0.05, 0) is 46.8 Å². The van der Waals surface area contributed by atoms with Gasteiger partial charge in [0, 0.05) is 12.1 Å². The van der Waals surface area contributed by atoms with Gasteiger partial charge in [0.05, 0.1) is 4.47 Å². The van der Waals surface area contributed by atoms with Crippen LogP contribution in [0.2, 0.25) is 0 Å². The third-order valence-electron chi connectivity index (χ3n) is 2.74. The van der Waals surface area contributed by atoms with Gasteiger partial charge < -0.3 is 5.32 Å². The lowest BCUT2D eigenvalue weighted by Crippen LogP contribution is -2.33. The minimum absolute atomic E-state index is 0.0903. The van der Waals surface area contributed by atoms with Crippen LogP contribution in [0, 0.1) is 11.8 Å². The van der Waals surface area contributed by atoms with Gasteiger partial charge in [0.2, 0.25) is 5.91 Å². The monoisotopic (exact) mass is 268 g/mol. The predicted octanol–water partition coefficient (Wildman–Crippen LogP) is 2.83. The lowest BCUT2D eigenvalue weighted by atomic mass is 9.76. The first-order chi connectivity index (χ1) is 7.16. The highest BCUT2D eigenvalue weighted by molar-refractivity contribution is 9.10. The standard InChI is InChI=1S/C11H13BrN2O/c1-7-5-8(6-7)11(15)14-10-9(12)3-2-4-13-10/h2-4,7-8H,5-6H2,1H3,(H,13,14,15). The molecule has 0 atom stereocenters. The number of nitrogens with zero attached hydrogens (tertiary/aromatic N) is 1. The minimum atomic E-state index is 0.0903. The molecule has 1 amide bonds. The molecule has 1 heterocycles. The summed E-state index contributed by atoms with van der Waals surface area (Å²) in [6.07, 6.45) is 3.66. The van der Waals surface area contributed by atoms with Gasteiger partial charge in [-0.1, -0.05) is 6.92 Å². The highest BCUT2D eigenvalue weighted by Gasteiger charge is 2.31. The number of pyridine rings is 1. The second-order valence-electron chi connectivity index (χ2n) is 4.10. The number of carbonyl (C=O) groups is 1. The minimum Gasteiger partial charge on any atom is -0.310 e. The Morgan fingerprint density at radius 1 is 1.60 bits per heavy atom. The summed E-state index contributed by atoms with van der Waals surface area (Å²) in [7, 11) is 0. The maximum absolute atomic E-state index is 11.7. The van der Waals surface area contributed by atoms with E-state index < -0.39 is 0 Å². The van der Waals surface area contributed by atoms with Crippen molar-refractivity contribution >= 4 is 27.7 Å². The fourth-order valence-electron chi connectivity index (χ4n) is 1.81. The Kier molecular flexibility index (Phi) is 3.05. The van der Waals surface area contributed by atoms with E-state index in [1.165, 1.54) is 0 Å². The van der Waals surface area contributed by atoms with Gasteiger partial charge >= 0.3 is 0 Å². The third-order valence-corrected chi connectivity index (χ3v) is 3.38. The SMILES string of the molecule is CC1CC(C(=O)Nc2ncccc2Br)C1. The lowest BCUT2D eigenvalue weighted by Gasteiger charge is -2.31. The number of nitrogens with one attached hydrogen (secondary N) is 1. The van der Waals surface area contributed by atoms with Gasteiger partial charge in [-0.15, -0.1) is 0 Å². The number of amides is 1. The molecule has 1 saturated carbocycles. The molecule has 1 aliphatic rings. The number of hydrogen-bond donors (Lipinski definition) is 1. The van der Waals surface area contributed by atoms with Crippen molar-refractivity contribution in [2.24, 2.45) is 11.8 Å². The zero-order valence-corrected chi connectivity index (χ0v) is 10.1. The first-order valence-corrected chi connectivity index (χ1v) is 5.87. The average Bonchev–Trinajstić information content (AvgIpc) is 2.17. The molecule has 2 rings (SSSR count). The summed E-state index contributed by atoms with van der Waals surface area (Å²) in [6.45, 7) is 2.17. The third kappa shape index (κ3) is 2.37. The second kappa shape index (κ2) is 4.31. The molecule has 0 spiro atoms. The predicted molar refractivity (Wildman–Crippen MR) is 62.5 cm³/mol. The van der Waals surface area contributed by atoms with Crippen molar-refractivity contribution in [1.82, 2.24) is 4.98 Å². The molecule has 15 heavy (non-hydrogen) atoms. The Morgan fingerprint density at radius 3 is 2.93 bits per heavy atom. The molecule has 4 heteroatoms. The summed E-state index contributed by atoms with van der Waals surface area (Å²) in [5.74, 6) is 1.57. The van der Waals surface area contributed by atoms with Crippen LogP contribution in [0.25, 0.3) is 0 Å². The summed E-state index contributed by atoms with van der Waals surface area (Å²) in [5.41, 5.74) is 0. The fourth-order valence-corrected chi connectivity index (χ4v) is 2.17. The van der Waals surface area contributed by atoms with Crippen LogP contribution in [-0.2, 0) is 4.79 Å². The molecule has 0 saturated heterocycles. The van der Waals surface area contributed by atoms with E-state index in [0.29, 0.717) is 11.7 Å². The molecule has 3 nitrogen and oxygen atoms in total. The number of halogens is 1. The van der Waals surface area contributed by atoms with Crippen LogP contribution in [-0.4, -0.2) is 10.9 Å². The molecule has 80 valence electrons. The van der Waals surface area contributed by atoms with E-state index in [0.717, 1.165) is 17.3 Å². The molecule has 1 fully saturated rings. The molecule has 0 bridgehead atoms. The Labute approximate surface area is 97.4 Å². The van der Waals surface area contributed by atoms with E-state index in [9.17, 15) is 4.79 Å². The van der Waals surface area contributed by atoms with Crippen LogP contribution in [0.1, 0.15) is 19.8 Å². The summed E-state index contributed by atoms with van der Waals surface area (Å²) < 4.78 is 0.825. The van der Waals surface area contributed by atoms with Crippen LogP contribution in [0.4, 0.5) is 5.82 Å². The van der Waals surface area contributed by atoms with Gasteiger partial charge in [0.15, 0.2) is 0 Å². The molecule has 0 unspecified atom stereocenters. The maximum Gasteiger partial charge on any atom is 0.228 e. The Morgan fingerprint density at radius 2 is 2.33 bits per heavy atom. The van der Waals surface area contributed by atoms with Crippen LogP contribution in [0.15, 0.2) is 22.8 Å². The van der Waals surface area contributed by atoms with Gasteiger partial charge in [-0.2, -0.15) is 0 Å². The largest absolute Gasteiger partial charge is 0.310 e. The number of aromatic nitrogens is 1. The topological polar surface area (TPSA) is 42.0 Å². The first kappa shape index (κ1) is 10.6. The Hall–Kier alpha value is -0.900. The Bertz CT molecular complexity index is 375. The number of carbonyl (C=O) groups excluding carboxylic acids is 1. The van der Waals surface area contributed by atoms with Crippen molar-refractivity contribution in [3.8, 4) is 0 Å². The van der Waals surface area contributed by atoms with E-state index >= 15 is 0 Å². The van der Waals surface area contributed by atoms with Gasteiger partial charge in [0.25, 0.3) is 0 Å². The van der Waals surface area contributed by atoms with Crippen molar-refractivity contribution < 1.29 is 4.79 Å². The number of rotatable bonds is 2. The molecule has 0 radical (unpaired) electrons. The average molecular weight is 269 g/mol. The zero-order chi connectivity index (χ0) is 10.8. The summed E-state index contributed by atoms with van der Waals surface area (Å²) in [5, 5.41) is 2.84. The second-order valence-corrected chi connectivity index (χ2v) is 4.95. The Balaban J connectivity index is 1.97. The van der Waals surface area contributed by atoms with Crippen LogP contribution < -0.4 is 5.32 Å². The van der Waals surface area contributed by atoms with Crippen LogP contribution in [0.3, 0.4) is 0 Å².